The molecule has 0 bridgehead atoms. The van der Waals surface area contributed by atoms with Crippen molar-refractivity contribution in [2.45, 2.75) is 57.4 Å². The minimum Gasteiger partial charge on any atom is -0.497 e. The van der Waals surface area contributed by atoms with E-state index in [1.807, 2.05) is 11.0 Å². The molecular weight excluding hydrogens is 460 g/mol. The summed E-state index contributed by atoms with van der Waals surface area (Å²) in [5.74, 6) is 1.39. The number of hydrogen-bond donors (Lipinski definition) is 1. The Hall–Kier alpha value is -3.13. The average molecular weight is 491 g/mol. The molecule has 7 nitrogen and oxygen atoms in total. The first-order valence-corrected chi connectivity index (χ1v) is 13.4. The minimum atomic E-state index is 0.00988. The third kappa shape index (κ3) is 4.03. The maximum Gasteiger partial charge on any atom is 0.262 e. The lowest BCUT2D eigenvalue weighted by Crippen LogP contribution is -2.38. The van der Waals surface area contributed by atoms with Crippen LogP contribution in [0.15, 0.2) is 35.5 Å². The van der Waals surface area contributed by atoms with Crippen LogP contribution >= 0.6 is 11.3 Å². The zero-order valence-electron chi connectivity index (χ0n) is 20.0. The van der Waals surface area contributed by atoms with Crippen LogP contribution in [0.4, 0.5) is 0 Å². The largest absolute Gasteiger partial charge is 0.497 e. The average Bonchev–Trinajstić information content (AvgIpc) is 3.49. The maximum absolute atomic E-state index is 13.2. The van der Waals surface area contributed by atoms with Crippen LogP contribution in [-0.4, -0.2) is 45.5 Å². The van der Waals surface area contributed by atoms with Gasteiger partial charge in [0.1, 0.15) is 10.6 Å². The number of aromatic amines is 1. The number of thiophene rings is 1. The van der Waals surface area contributed by atoms with Crippen LogP contribution in [0, 0.1) is 0 Å². The number of likely N-dealkylation sites (tertiary alicyclic amines) is 1. The van der Waals surface area contributed by atoms with E-state index in [1.165, 1.54) is 27.8 Å². The Labute approximate surface area is 207 Å². The highest BCUT2D eigenvalue weighted by molar-refractivity contribution is 7.18. The van der Waals surface area contributed by atoms with Gasteiger partial charge in [-0.3, -0.25) is 14.2 Å². The first-order valence-electron chi connectivity index (χ1n) is 12.5. The van der Waals surface area contributed by atoms with Gasteiger partial charge in [0.05, 0.1) is 18.8 Å². The molecule has 0 spiro atoms. The molecule has 8 heteroatoms. The van der Waals surface area contributed by atoms with Crippen molar-refractivity contribution in [3.05, 3.63) is 57.1 Å². The number of rotatable bonds is 5. The second-order valence-electron chi connectivity index (χ2n) is 9.69. The summed E-state index contributed by atoms with van der Waals surface area (Å²) in [6.07, 6.45) is 10.3. The molecule has 1 amide bonds. The van der Waals surface area contributed by atoms with E-state index in [1.54, 1.807) is 29.3 Å². The van der Waals surface area contributed by atoms with Gasteiger partial charge in [0, 0.05) is 48.0 Å². The molecule has 4 heterocycles. The molecule has 4 aromatic rings. The second-order valence-corrected chi connectivity index (χ2v) is 10.8. The zero-order valence-corrected chi connectivity index (χ0v) is 20.8. The van der Waals surface area contributed by atoms with Crippen LogP contribution in [0.25, 0.3) is 21.1 Å². The Kier molecular flexibility index (Phi) is 5.84. The molecule has 1 aliphatic heterocycles. The third-order valence-electron chi connectivity index (χ3n) is 7.72. The predicted molar refractivity (Wildman–Crippen MR) is 139 cm³/mol. The summed E-state index contributed by atoms with van der Waals surface area (Å²) in [7, 11) is 1.69. The number of amides is 1. The summed E-state index contributed by atoms with van der Waals surface area (Å²) in [6.45, 7) is 1.86. The standard InChI is InChI=1S/C27H30N4O3S/c1-34-18-6-7-22-20(14-18)21(15-28-22)17-8-11-30(12-9-17)24(32)10-13-31-16-29-26-25(27(31)33)19-4-2-3-5-23(19)35-26/h6-7,14-17,28H,2-5,8-13H2,1H3. The van der Waals surface area contributed by atoms with Crippen molar-refractivity contribution in [2.24, 2.45) is 0 Å². The number of benzene rings is 1. The van der Waals surface area contributed by atoms with Crippen LogP contribution in [0.1, 0.15) is 54.0 Å². The van der Waals surface area contributed by atoms with Crippen LogP contribution in [0.3, 0.4) is 0 Å². The van der Waals surface area contributed by atoms with Gasteiger partial charge >= 0.3 is 0 Å². The van der Waals surface area contributed by atoms with Crippen LogP contribution in [0.5, 0.6) is 5.75 Å². The Bertz CT molecular complexity index is 1460. The van der Waals surface area contributed by atoms with Crippen molar-refractivity contribution >= 4 is 38.4 Å². The number of fused-ring (bicyclic) bond motifs is 4. The predicted octanol–water partition coefficient (Wildman–Crippen LogP) is 4.62. The molecule has 2 aliphatic rings. The smallest absolute Gasteiger partial charge is 0.262 e. The van der Waals surface area contributed by atoms with E-state index in [-0.39, 0.29) is 11.5 Å². The van der Waals surface area contributed by atoms with Gasteiger partial charge in [0.25, 0.3) is 5.56 Å². The van der Waals surface area contributed by atoms with E-state index >= 15 is 0 Å². The second kappa shape index (κ2) is 9.15. The topological polar surface area (TPSA) is 80.2 Å². The lowest BCUT2D eigenvalue weighted by molar-refractivity contribution is -0.132. The number of nitrogens with one attached hydrogen (secondary N) is 1. The molecule has 182 valence electrons. The van der Waals surface area contributed by atoms with Crippen LogP contribution < -0.4 is 10.3 Å². The van der Waals surface area contributed by atoms with Crippen molar-refractivity contribution in [1.29, 1.82) is 0 Å². The summed E-state index contributed by atoms with van der Waals surface area (Å²) in [4.78, 5) is 38.2. The molecule has 0 atom stereocenters. The van der Waals surface area contributed by atoms with Gasteiger partial charge in [0.15, 0.2) is 0 Å². The fourth-order valence-electron chi connectivity index (χ4n) is 5.74. The first kappa shape index (κ1) is 22.3. The summed E-state index contributed by atoms with van der Waals surface area (Å²) >= 11 is 1.66. The van der Waals surface area contributed by atoms with E-state index in [0.717, 1.165) is 66.7 Å². The SMILES string of the molecule is COc1ccc2[nH]cc(C3CCN(C(=O)CCn4cnc5sc6c(c5c4=O)CCCC6)CC3)c2c1. The number of hydrogen-bond acceptors (Lipinski definition) is 5. The Morgan fingerprint density at radius 1 is 1.23 bits per heavy atom. The highest BCUT2D eigenvalue weighted by Crippen LogP contribution is 2.35. The van der Waals surface area contributed by atoms with Crippen LogP contribution in [0.2, 0.25) is 0 Å². The van der Waals surface area contributed by atoms with Crippen molar-refractivity contribution in [1.82, 2.24) is 19.4 Å². The number of methoxy groups -OCH3 is 1. The monoisotopic (exact) mass is 490 g/mol. The number of carbonyl (C=O) groups is 1. The molecule has 1 saturated heterocycles. The maximum atomic E-state index is 13.2. The summed E-state index contributed by atoms with van der Waals surface area (Å²) in [5, 5.41) is 1.99. The van der Waals surface area contributed by atoms with Gasteiger partial charge in [-0.15, -0.1) is 11.3 Å². The van der Waals surface area contributed by atoms with E-state index in [4.69, 9.17) is 4.74 Å². The molecule has 0 unspecified atom stereocenters. The van der Waals surface area contributed by atoms with E-state index in [0.29, 0.717) is 18.9 Å². The fraction of sp³-hybridized carbons (Fsp3) is 0.444. The number of H-pyrrole nitrogens is 1. The number of ether oxygens (including phenoxy) is 1. The molecular formula is C27H30N4O3S. The molecule has 0 radical (unpaired) electrons. The minimum absolute atomic E-state index is 0.00988. The molecule has 0 saturated carbocycles. The van der Waals surface area contributed by atoms with Crippen molar-refractivity contribution in [3.8, 4) is 5.75 Å². The van der Waals surface area contributed by atoms with Gasteiger partial charge in [0.2, 0.25) is 5.91 Å². The number of aryl methyl sites for hydroxylation is 3. The van der Waals surface area contributed by atoms with E-state index in [9.17, 15) is 9.59 Å². The normalized spacial score (nSPS) is 16.7. The van der Waals surface area contributed by atoms with Gasteiger partial charge in [-0.25, -0.2) is 4.98 Å². The number of carbonyl (C=O) groups excluding carboxylic acids is 1. The molecule has 3 aromatic heterocycles. The zero-order chi connectivity index (χ0) is 23.9. The number of aromatic nitrogens is 3. The summed E-state index contributed by atoms with van der Waals surface area (Å²) in [6, 6.07) is 6.11. The van der Waals surface area contributed by atoms with Crippen LogP contribution in [-0.2, 0) is 24.2 Å². The molecule has 6 rings (SSSR count). The van der Waals surface area contributed by atoms with Gasteiger partial charge in [-0.1, -0.05) is 0 Å². The van der Waals surface area contributed by atoms with Gasteiger partial charge in [-0.2, -0.15) is 0 Å². The lowest BCUT2D eigenvalue weighted by Gasteiger charge is -2.32. The highest BCUT2D eigenvalue weighted by atomic mass is 32.1. The molecule has 1 aromatic carbocycles. The Morgan fingerprint density at radius 3 is 2.89 bits per heavy atom. The summed E-state index contributed by atoms with van der Waals surface area (Å²) in [5.41, 5.74) is 3.63. The molecule has 1 fully saturated rings. The quantitative estimate of drug-likeness (QED) is 0.443. The number of nitrogens with zero attached hydrogens (tertiary/aromatic N) is 3. The molecule has 35 heavy (non-hydrogen) atoms. The van der Waals surface area contributed by atoms with Crippen molar-refractivity contribution in [2.75, 3.05) is 20.2 Å². The Morgan fingerprint density at radius 2 is 2.06 bits per heavy atom. The molecule has 1 aliphatic carbocycles. The van der Waals surface area contributed by atoms with Gasteiger partial charge < -0.3 is 14.6 Å². The Balaban J connectivity index is 1.11. The highest BCUT2D eigenvalue weighted by Gasteiger charge is 2.26. The fourth-order valence-corrected chi connectivity index (χ4v) is 6.96. The number of piperidine rings is 1. The van der Waals surface area contributed by atoms with Crippen molar-refractivity contribution < 1.29 is 9.53 Å². The summed E-state index contributed by atoms with van der Waals surface area (Å²) < 4.78 is 7.04. The molecule has 1 N–H and O–H groups in total. The first-order chi connectivity index (χ1) is 17.1. The lowest BCUT2D eigenvalue weighted by atomic mass is 9.89. The van der Waals surface area contributed by atoms with E-state index in [2.05, 4.69) is 28.3 Å². The van der Waals surface area contributed by atoms with Crippen molar-refractivity contribution in [3.63, 3.8) is 0 Å². The third-order valence-corrected chi connectivity index (χ3v) is 8.92. The van der Waals surface area contributed by atoms with Gasteiger partial charge in [-0.05, 0) is 73.8 Å². The van der Waals surface area contributed by atoms with E-state index < -0.39 is 0 Å².